The summed E-state index contributed by atoms with van der Waals surface area (Å²) in [7, 11) is 1.65. The van der Waals surface area contributed by atoms with Crippen molar-refractivity contribution in [2.75, 3.05) is 7.11 Å². The first-order valence-electron chi connectivity index (χ1n) is 9.23. The van der Waals surface area contributed by atoms with Crippen molar-refractivity contribution in [3.63, 3.8) is 0 Å². The van der Waals surface area contributed by atoms with Crippen LogP contribution in [0.1, 0.15) is 29.2 Å². The highest BCUT2D eigenvalue weighted by Gasteiger charge is 2.22. The second-order valence-corrected chi connectivity index (χ2v) is 6.68. The molecule has 0 saturated heterocycles. The van der Waals surface area contributed by atoms with E-state index in [1.165, 1.54) is 0 Å². The van der Waals surface area contributed by atoms with E-state index in [0.717, 1.165) is 33.5 Å². The van der Waals surface area contributed by atoms with Gasteiger partial charge in [0.05, 0.1) is 19.9 Å². The van der Waals surface area contributed by atoms with Crippen molar-refractivity contribution < 1.29 is 13.9 Å². The first-order valence-corrected chi connectivity index (χ1v) is 9.23. The number of hydrogen-bond acceptors (Lipinski definition) is 3. The molecule has 1 amide bonds. The lowest BCUT2D eigenvalue weighted by Gasteiger charge is -2.18. The number of furan rings is 1. The van der Waals surface area contributed by atoms with E-state index < -0.39 is 0 Å². The van der Waals surface area contributed by atoms with Gasteiger partial charge in [0.25, 0.3) is 0 Å². The zero-order valence-electron chi connectivity index (χ0n) is 15.6. The molecular formula is C23H22N2O3. The molecule has 5 nitrogen and oxygen atoms in total. The van der Waals surface area contributed by atoms with Crippen molar-refractivity contribution in [1.82, 2.24) is 10.3 Å². The Morgan fingerprint density at radius 1 is 1.14 bits per heavy atom. The molecule has 0 unspecified atom stereocenters. The van der Waals surface area contributed by atoms with Gasteiger partial charge in [-0.2, -0.15) is 0 Å². The molecule has 0 aliphatic rings. The SMILES string of the molecule is COc1cccc([C@H](CC(=O)NCc2ccco2)c2c[nH]c3ccccc23)c1. The molecule has 142 valence electrons. The number of para-hydroxylation sites is 1. The van der Waals surface area contributed by atoms with E-state index in [1.54, 1.807) is 13.4 Å². The van der Waals surface area contributed by atoms with Crippen LogP contribution in [0.25, 0.3) is 10.9 Å². The van der Waals surface area contributed by atoms with Gasteiger partial charge in [-0.3, -0.25) is 4.79 Å². The largest absolute Gasteiger partial charge is 0.497 e. The molecule has 0 aliphatic carbocycles. The van der Waals surface area contributed by atoms with Crippen LogP contribution in [0.4, 0.5) is 0 Å². The number of aromatic amines is 1. The highest BCUT2D eigenvalue weighted by molar-refractivity contribution is 5.86. The lowest BCUT2D eigenvalue weighted by molar-refractivity contribution is -0.121. The highest BCUT2D eigenvalue weighted by Crippen LogP contribution is 2.34. The predicted molar refractivity (Wildman–Crippen MR) is 108 cm³/mol. The normalized spacial score (nSPS) is 12.0. The standard InChI is InChI=1S/C23H22N2O3/c1-27-17-7-4-6-16(12-17)20(13-23(26)25-14-18-8-5-11-28-18)21-15-24-22-10-3-2-9-19(21)22/h2-12,15,20,24H,13-14H2,1H3,(H,25,26)/t20-/m0/s1. The number of nitrogens with one attached hydrogen (secondary N) is 2. The summed E-state index contributed by atoms with van der Waals surface area (Å²) in [4.78, 5) is 16.0. The number of rotatable bonds is 7. The first kappa shape index (κ1) is 17.9. The van der Waals surface area contributed by atoms with Gasteiger partial charge in [0.1, 0.15) is 11.5 Å². The van der Waals surface area contributed by atoms with Crippen LogP contribution >= 0.6 is 0 Å². The topological polar surface area (TPSA) is 67.3 Å². The molecule has 2 N–H and O–H groups in total. The van der Waals surface area contributed by atoms with Crippen molar-refractivity contribution in [3.8, 4) is 5.75 Å². The molecule has 0 aliphatic heterocycles. The van der Waals surface area contributed by atoms with E-state index in [4.69, 9.17) is 9.15 Å². The number of amides is 1. The molecular weight excluding hydrogens is 352 g/mol. The Labute approximate surface area is 163 Å². The molecule has 0 spiro atoms. The molecule has 0 saturated carbocycles. The first-order chi connectivity index (χ1) is 13.7. The number of benzene rings is 2. The van der Waals surface area contributed by atoms with E-state index in [1.807, 2.05) is 60.8 Å². The van der Waals surface area contributed by atoms with Gasteiger partial charge >= 0.3 is 0 Å². The smallest absolute Gasteiger partial charge is 0.221 e. The van der Waals surface area contributed by atoms with Crippen LogP contribution in [0.5, 0.6) is 5.75 Å². The van der Waals surface area contributed by atoms with Gasteiger partial charge in [0, 0.05) is 29.4 Å². The van der Waals surface area contributed by atoms with Crippen LogP contribution in [0, 0.1) is 0 Å². The predicted octanol–water partition coefficient (Wildman–Crippen LogP) is 4.61. The number of hydrogen-bond donors (Lipinski definition) is 2. The zero-order valence-corrected chi connectivity index (χ0v) is 15.6. The average molecular weight is 374 g/mol. The van der Waals surface area contributed by atoms with Gasteiger partial charge in [-0.15, -0.1) is 0 Å². The van der Waals surface area contributed by atoms with Crippen LogP contribution in [0.15, 0.2) is 77.5 Å². The molecule has 4 aromatic rings. The van der Waals surface area contributed by atoms with Gasteiger partial charge in [-0.1, -0.05) is 30.3 Å². The quantitative estimate of drug-likeness (QED) is 0.496. The van der Waals surface area contributed by atoms with Crippen molar-refractivity contribution in [3.05, 3.63) is 90.0 Å². The summed E-state index contributed by atoms with van der Waals surface area (Å²) in [6.07, 6.45) is 3.93. The fraction of sp³-hybridized carbons (Fsp3) is 0.174. The lowest BCUT2D eigenvalue weighted by Crippen LogP contribution is -2.24. The summed E-state index contributed by atoms with van der Waals surface area (Å²) >= 11 is 0. The Hall–Kier alpha value is -3.47. The van der Waals surface area contributed by atoms with Crippen molar-refractivity contribution in [2.45, 2.75) is 18.9 Å². The number of methoxy groups -OCH3 is 1. The summed E-state index contributed by atoms with van der Waals surface area (Å²) < 4.78 is 10.7. The molecule has 2 heterocycles. The average Bonchev–Trinajstić information content (AvgIpc) is 3.40. The number of carbonyl (C=O) groups is 1. The summed E-state index contributed by atoms with van der Waals surface area (Å²) in [6.45, 7) is 0.380. The number of aromatic nitrogens is 1. The van der Waals surface area contributed by atoms with Gasteiger partial charge in [-0.05, 0) is 41.5 Å². The summed E-state index contributed by atoms with van der Waals surface area (Å²) in [6, 6.07) is 19.7. The summed E-state index contributed by atoms with van der Waals surface area (Å²) in [5.74, 6) is 1.38. The van der Waals surface area contributed by atoms with E-state index in [-0.39, 0.29) is 11.8 Å². The fourth-order valence-electron chi connectivity index (χ4n) is 3.50. The molecule has 0 fully saturated rings. The molecule has 2 aromatic carbocycles. The maximum absolute atomic E-state index is 12.7. The molecule has 28 heavy (non-hydrogen) atoms. The van der Waals surface area contributed by atoms with Crippen LogP contribution in [-0.2, 0) is 11.3 Å². The molecule has 1 atom stereocenters. The maximum Gasteiger partial charge on any atom is 0.221 e. The third kappa shape index (κ3) is 3.78. The molecule has 0 bridgehead atoms. The van der Waals surface area contributed by atoms with Crippen LogP contribution < -0.4 is 10.1 Å². The Morgan fingerprint density at radius 2 is 2.04 bits per heavy atom. The third-order valence-corrected chi connectivity index (χ3v) is 4.92. The van der Waals surface area contributed by atoms with Crippen molar-refractivity contribution in [1.29, 1.82) is 0 Å². The minimum Gasteiger partial charge on any atom is -0.497 e. The second-order valence-electron chi connectivity index (χ2n) is 6.68. The van der Waals surface area contributed by atoms with Crippen LogP contribution in [-0.4, -0.2) is 18.0 Å². The number of H-pyrrole nitrogens is 1. The van der Waals surface area contributed by atoms with Gasteiger partial charge in [0.15, 0.2) is 0 Å². The molecule has 2 aromatic heterocycles. The number of fused-ring (bicyclic) bond motifs is 1. The van der Waals surface area contributed by atoms with Gasteiger partial charge in [-0.25, -0.2) is 0 Å². The van der Waals surface area contributed by atoms with E-state index >= 15 is 0 Å². The van der Waals surface area contributed by atoms with E-state index in [0.29, 0.717) is 13.0 Å². The zero-order chi connectivity index (χ0) is 19.3. The van der Waals surface area contributed by atoms with Crippen LogP contribution in [0.2, 0.25) is 0 Å². The molecule has 5 heteroatoms. The van der Waals surface area contributed by atoms with Gasteiger partial charge in [0.2, 0.25) is 5.91 Å². The lowest BCUT2D eigenvalue weighted by atomic mass is 9.88. The fourth-order valence-corrected chi connectivity index (χ4v) is 3.50. The molecule has 4 rings (SSSR count). The van der Waals surface area contributed by atoms with Gasteiger partial charge < -0.3 is 19.5 Å². The minimum atomic E-state index is -0.0946. The Morgan fingerprint density at radius 3 is 2.86 bits per heavy atom. The molecule has 0 radical (unpaired) electrons. The Balaban J connectivity index is 1.64. The summed E-state index contributed by atoms with van der Waals surface area (Å²) in [5.41, 5.74) is 3.19. The minimum absolute atomic E-state index is 0.0329. The van der Waals surface area contributed by atoms with Crippen molar-refractivity contribution in [2.24, 2.45) is 0 Å². The summed E-state index contributed by atoms with van der Waals surface area (Å²) in [5, 5.41) is 4.07. The van der Waals surface area contributed by atoms with E-state index in [2.05, 4.69) is 16.4 Å². The number of ether oxygens (including phenoxy) is 1. The maximum atomic E-state index is 12.7. The highest BCUT2D eigenvalue weighted by atomic mass is 16.5. The second kappa shape index (κ2) is 8.05. The third-order valence-electron chi connectivity index (χ3n) is 4.92. The monoisotopic (exact) mass is 374 g/mol. The Bertz CT molecular complexity index is 1070. The van der Waals surface area contributed by atoms with Crippen LogP contribution in [0.3, 0.4) is 0 Å². The van der Waals surface area contributed by atoms with E-state index in [9.17, 15) is 4.79 Å². The number of carbonyl (C=O) groups excluding carboxylic acids is 1. The van der Waals surface area contributed by atoms with Crippen molar-refractivity contribution >= 4 is 16.8 Å². The Kier molecular flexibility index (Phi) is 5.15.